The smallest absolute Gasteiger partial charge is 0.253 e. The third-order valence-electron chi connectivity index (χ3n) is 4.65. The number of halogens is 2. The molecular formula is C21H22ClFN2O3. The van der Waals surface area contributed by atoms with E-state index in [4.69, 9.17) is 16.3 Å². The lowest BCUT2D eigenvalue weighted by Crippen LogP contribution is -2.46. The highest BCUT2D eigenvalue weighted by molar-refractivity contribution is 6.30. The minimum absolute atomic E-state index is 0.0867. The van der Waals surface area contributed by atoms with Gasteiger partial charge in [0.05, 0.1) is 12.5 Å². The van der Waals surface area contributed by atoms with Crippen molar-refractivity contribution in [1.82, 2.24) is 10.2 Å². The fourth-order valence-corrected chi connectivity index (χ4v) is 3.29. The third-order valence-corrected chi connectivity index (χ3v) is 4.91. The van der Waals surface area contributed by atoms with Crippen LogP contribution in [-0.2, 0) is 4.79 Å². The molecule has 2 amide bonds. The lowest BCUT2D eigenvalue weighted by Gasteiger charge is -2.32. The molecule has 2 aromatic carbocycles. The minimum Gasteiger partial charge on any atom is -0.492 e. The van der Waals surface area contributed by atoms with Crippen molar-refractivity contribution in [1.29, 1.82) is 0 Å². The van der Waals surface area contributed by atoms with Gasteiger partial charge in [-0.25, -0.2) is 4.39 Å². The molecule has 2 aromatic rings. The first-order valence-electron chi connectivity index (χ1n) is 9.24. The fourth-order valence-electron chi connectivity index (χ4n) is 3.17. The van der Waals surface area contributed by atoms with Gasteiger partial charge in [-0.05, 0) is 61.4 Å². The highest BCUT2D eigenvalue weighted by Gasteiger charge is 2.28. The number of piperidine rings is 1. The summed E-state index contributed by atoms with van der Waals surface area (Å²) in [6.07, 6.45) is 1.53. The zero-order valence-corrected chi connectivity index (χ0v) is 16.1. The number of rotatable bonds is 6. The Morgan fingerprint density at radius 3 is 2.57 bits per heavy atom. The van der Waals surface area contributed by atoms with Gasteiger partial charge in [-0.15, -0.1) is 0 Å². The van der Waals surface area contributed by atoms with Crippen molar-refractivity contribution < 1.29 is 18.7 Å². The molecule has 148 valence electrons. The van der Waals surface area contributed by atoms with Gasteiger partial charge in [0, 0.05) is 23.7 Å². The van der Waals surface area contributed by atoms with Crippen LogP contribution >= 0.6 is 11.6 Å². The molecule has 1 aliphatic heterocycles. The van der Waals surface area contributed by atoms with Gasteiger partial charge in [-0.2, -0.15) is 0 Å². The molecule has 28 heavy (non-hydrogen) atoms. The zero-order valence-electron chi connectivity index (χ0n) is 15.4. The topological polar surface area (TPSA) is 58.6 Å². The molecule has 0 spiro atoms. The maximum Gasteiger partial charge on any atom is 0.253 e. The normalized spacial score (nSPS) is 16.5. The van der Waals surface area contributed by atoms with Gasteiger partial charge >= 0.3 is 0 Å². The van der Waals surface area contributed by atoms with Crippen LogP contribution in [0.1, 0.15) is 23.2 Å². The second-order valence-electron chi connectivity index (χ2n) is 6.69. The molecule has 0 saturated carbocycles. The van der Waals surface area contributed by atoms with Crippen molar-refractivity contribution in [3.63, 3.8) is 0 Å². The molecule has 5 nitrogen and oxygen atoms in total. The van der Waals surface area contributed by atoms with Gasteiger partial charge in [-0.3, -0.25) is 9.59 Å². The van der Waals surface area contributed by atoms with E-state index in [0.29, 0.717) is 36.0 Å². The lowest BCUT2D eigenvalue weighted by atomic mass is 9.96. The Labute approximate surface area is 168 Å². The second kappa shape index (κ2) is 9.55. The van der Waals surface area contributed by atoms with Gasteiger partial charge in [0.2, 0.25) is 5.91 Å². The Bertz CT molecular complexity index is 811. The van der Waals surface area contributed by atoms with E-state index in [2.05, 4.69) is 5.32 Å². The summed E-state index contributed by atoms with van der Waals surface area (Å²) in [4.78, 5) is 26.8. The standard InChI is InChI=1S/C21H22ClFN2O3/c22-17-5-3-15(4-6-17)21(27)25-12-1-2-16(14-25)20(26)24-11-13-28-19-9-7-18(23)8-10-19/h3-10,16H,1-2,11-14H2,(H,24,26)/t16-/m1/s1. The molecule has 0 aliphatic carbocycles. The van der Waals surface area contributed by atoms with Gasteiger partial charge in [-0.1, -0.05) is 11.6 Å². The van der Waals surface area contributed by atoms with Crippen LogP contribution < -0.4 is 10.1 Å². The van der Waals surface area contributed by atoms with Crippen molar-refractivity contribution in [2.75, 3.05) is 26.2 Å². The molecule has 1 fully saturated rings. The van der Waals surface area contributed by atoms with E-state index >= 15 is 0 Å². The van der Waals surface area contributed by atoms with Crippen LogP contribution in [0, 0.1) is 11.7 Å². The summed E-state index contributed by atoms with van der Waals surface area (Å²) >= 11 is 5.87. The van der Waals surface area contributed by atoms with Crippen LogP contribution in [0.5, 0.6) is 5.75 Å². The monoisotopic (exact) mass is 404 g/mol. The first-order chi connectivity index (χ1) is 13.5. The summed E-state index contributed by atoms with van der Waals surface area (Å²) in [5.74, 6) is -0.190. The number of nitrogens with one attached hydrogen (secondary N) is 1. The van der Waals surface area contributed by atoms with E-state index in [1.165, 1.54) is 12.1 Å². The number of ether oxygens (including phenoxy) is 1. The Morgan fingerprint density at radius 2 is 1.86 bits per heavy atom. The van der Waals surface area contributed by atoms with Crippen LogP contribution in [-0.4, -0.2) is 43.0 Å². The molecule has 0 bridgehead atoms. The summed E-state index contributed by atoms with van der Waals surface area (Å²) < 4.78 is 18.3. The van der Waals surface area contributed by atoms with Crippen molar-refractivity contribution in [2.45, 2.75) is 12.8 Å². The van der Waals surface area contributed by atoms with Gasteiger partial charge in [0.15, 0.2) is 0 Å². The van der Waals surface area contributed by atoms with Crippen LogP contribution in [0.3, 0.4) is 0 Å². The summed E-state index contributed by atoms with van der Waals surface area (Å²) in [5, 5.41) is 3.43. The molecule has 1 saturated heterocycles. The number of hydrogen-bond acceptors (Lipinski definition) is 3. The second-order valence-corrected chi connectivity index (χ2v) is 7.13. The van der Waals surface area contributed by atoms with Crippen LogP contribution in [0.15, 0.2) is 48.5 Å². The molecule has 0 unspecified atom stereocenters. The predicted molar refractivity (Wildman–Crippen MR) is 105 cm³/mol. The zero-order chi connectivity index (χ0) is 19.9. The quantitative estimate of drug-likeness (QED) is 0.749. The molecule has 1 N–H and O–H groups in total. The Kier molecular flexibility index (Phi) is 6.87. The SMILES string of the molecule is O=C(NCCOc1ccc(F)cc1)[C@@H]1CCCN(C(=O)c2ccc(Cl)cc2)C1. The van der Waals surface area contributed by atoms with Gasteiger partial charge < -0.3 is 15.0 Å². The molecule has 1 heterocycles. The first kappa shape index (κ1) is 20.1. The molecule has 1 aliphatic rings. The van der Waals surface area contributed by atoms with E-state index in [9.17, 15) is 14.0 Å². The summed E-state index contributed by atoms with van der Waals surface area (Å²) in [6, 6.07) is 12.5. The Morgan fingerprint density at radius 1 is 1.14 bits per heavy atom. The predicted octanol–water partition coefficient (Wildman–Crippen LogP) is 3.53. The maximum absolute atomic E-state index is 12.9. The van der Waals surface area contributed by atoms with Crippen molar-refractivity contribution in [3.05, 3.63) is 64.9 Å². The highest BCUT2D eigenvalue weighted by Crippen LogP contribution is 2.20. The van der Waals surface area contributed by atoms with Gasteiger partial charge in [0.1, 0.15) is 18.2 Å². The average molecular weight is 405 g/mol. The number of hydrogen-bond donors (Lipinski definition) is 1. The molecule has 3 rings (SSSR count). The van der Waals surface area contributed by atoms with E-state index in [1.54, 1.807) is 41.3 Å². The minimum atomic E-state index is -0.323. The Balaban J connectivity index is 1.45. The molecule has 1 atom stereocenters. The van der Waals surface area contributed by atoms with Crippen molar-refractivity contribution in [3.8, 4) is 5.75 Å². The van der Waals surface area contributed by atoms with Crippen LogP contribution in [0.2, 0.25) is 5.02 Å². The highest BCUT2D eigenvalue weighted by atomic mass is 35.5. The largest absolute Gasteiger partial charge is 0.492 e. The molecule has 0 radical (unpaired) electrons. The lowest BCUT2D eigenvalue weighted by molar-refractivity contribution is -0.126. The molecular weight excluding hydrogens is 383 g/mol. The van der Waals surface area contributed by atoms with Crippen LogP contribution in [0.25, 0.3) is 0 Å². The summed E-state index contributed by atoms with van der Waals surface area (Å²) in [7, 11) is 0. The van der Waals surface area contributed by atoms with E-state index in [1.807, 2.05) is 0 Å². The average Bonchev–Trinajstić information content (AvgIpc) is 2.72. The van der Waals surface area contributed by atoms with E-state index in [0.717, 1.165) is 12.8 Å². The first-order valence-corrected chi connectivity index (χ1v) is 9.61. The fraction of sp³-hybridized carbons (Fsp3) is 0.333. The third kappa shape index (κ3) is 5.45. The number of nitrogens with zero attached hydrogens (tertiary/aromatic N) is 1. The molecule has 7 heteroatoms. The maximum atomic E-state index is 12.9. The Hall–Kier alpha value is -2.60. The van der Waals surface area contributed by atoms with E-state index < -0.39 is 0 Å². The number of carbonyl (C=O) groups excluding carboxylic acids is 2. The molecule has 0 aromatic heterocycles. The number of amides is 2. The number of likely N-dealkylation sites (tertiary alicyclic amines) is 1. The summed E-state index contributed by atoms with van der Waals surface area (Å²) in [6.45, 7) is 1.67. The van der Waals surface area contributed by atoms with Crippen molar-refractivity contribution >= 4 is 23.4 Å². The van der Waals surface area contributed by atoms with E-state index in [-0.39, 0.29) is 30.2 Å². The summed E-state index contributed by atoms with van der Waals surface area (Å²) in [5.41, 5.74) is 0.568. The van der Waals surface area contributed by atoms with Gasteiger partial charge in [0.25, 0.3) is 5.91 Å². The van der Waals surface area contributed by atoms with Crippen molar-refractivity contribution in [2.24, 2.45) is 5.92 Å². The number of benzene rings is 2. The van der Waals surface area contributed by atoms with Crippen LogP contribution in [0.4, 0.5) is 4.39 Å². The number of carbonyl (C=O) groups is 2.